The maximum atomic E-state index is 13.3. The fourth-order valence-corrected chi connectivity index (χ4v) is 3.59. The maximum absolute atomic E-state index is 13.3. The number of furan rings is 1. The van der Waals surface area contributed by atoms with Crippen LogP contribution < -0.4 is 5.32 Å². The molecule has 0 atom stereocenters. The van der Waals surface area contributed by atoms with Crippen molar-refractivity contribution in [3.05, 3.63) is 64.2 Å². The van der Waals surface area contributed by atoms with Gasteiger partial charge in [-0.3, -0.25) is 4.79 Å². The molecule has 1 N–H and O–H groups in total. The molecule has 1 aromatic carbocycles. The van der Waals surface area contributed by atoms with Crippen LogP contribution in [0, 0.1) is 27.7 Å². The number of aromatic nitrogens is 2. The number of nitrogens with one attached hydrogen (secondary N) is 1. The number of pyridine rings is 1. The quantitative estimate of drug-likeness (QED) is 0.475. The van der Waals surface area contributed by atoms with E-state index in [9.17, 15) is 9.59 Å². The first-order valence-corrected chi connectivity index (χ1v) is 9.64. The number of esters is 1. The molecule has 158 valence electrons. The predicted molar refractivity (Wildman–Crippen MR) is 114 cm³/mol. The molecule has 0 fully saturated rings. The number of methoxy groups -OCH3 is 1. The number of nitrogens with zero attached hydrogens (tertiary/aromatic N) is 2. The van der Waals surface area contributed by atoms with Gasteiger partial charge in [0.2, 0.25) is 0 Å². The molecule has 0 saturated carbocycles. The monoisotopic (exact) mass is 419 g/mol. The van der Waals surface area contributed by atoms with Crippen LogP contribution in [0.15, 0.2) is 39.3 Å². The van der Waals surface area contributed by atoms with Gasteiger partial charge in [0.15, 0.2) is 0 Å². The van der Waals surface area contributed by atoms with E-state index in [0.29, 0.717) is 44.9 Å². The number of anilines is 1. The summed E-state index contributed by atoms with van der Waals surface area (Å²) in [6.07, 6.45) is 0. The van der Waals surface area contributed by atoms with Gasteiger partial charge in [0.25, 0.3) is 11.6 Å². The van der Waals surface area contributed by atoms with Gasteiger partial charge < -0.3 is 19.0 Å². The third-order valence-corrected chi connectivity index (χ3v) is 5.17. The standard InChI is InChI=1S/C23H21N3O5/c1-11-9-16(14(4)30-11)19-10-17(20-13(3)26-31-22(20)25-19)21(27)24-18-8-6-7-15(12(18)2)23(28)29-5/h6-10H,1-5H3,(H,24,27). The smallest absolute Gasteiger partial charge is 0.338 e. The van der Waals surface area contributed by atoms with Crippen LogP contribution in [0.5, 0.6) is 0 Å². The molecule has 0 saturated heterocycles. The van der Waals surface area contributed by atoms with Gasteiger partial charge in [0, 0.05) is 11.3 Å². The van der Waals surface area contributed by atoms with E-state index in [1.807, 2.05) is 19.9 Å². The van der Waals surface area contributed by atoms with Gasteiger partial charge in [-0.05, 0) is 57.5 Å². The Balaban J connectivity index is 1.81. The van der Waals surface area contributed by atoms with Crippen molar-refractivity contribution in [3.63, 3.8) is 0 Å². The molecule has 3 heterocycles. The van der Waals surface area contributed by atoms with E-state index in [1.54, 1.807) is 38.1 Å². The highest BCUT2D eigenvalue weighted by Gasteiger charge is 2.22. The SMILES string of the molecule is COC(=O)c1cccc(NC(=O)c2cc(-c3cc(C)oc3C)nc3onc(C)c23)c1C. The predicted octanol–water partition coefficient (Wildman–Crippen LogP) is 4.76. The van der Waals surface area contributed by atoms with Crippen molar-refractivity contribution >= 4 is 28.7 Å². The maximum Gasteiger partial charge on any atom is 0.338 e. The summed E-state index contributed by atoms with van der Waals surface area (Å²) in [7, 11) is 1.32. The highest BCUT2D eigenvalue weighted by atomic mass is 16.5. The van der Waals surface area contributed by atoms with Gasteiger partial charge in [-0.1, -0.05) is 11.2 Å². The number of carbonyl (C=O) groups excluding carboxylic acids is 2. The highest BCUT2D eigenvalue weighted by Crippen LogP contribution is 2.31. The van der Waals surface area contributed by atoms with Crippen LogP contribution in [0.25, 0.3) is 22.4 Å². The van der Waals surface area contributed by atoms with Crippen molar-refractivity contribution in [1.29, 1.82) is 0 Å². The number of aryl methyl sites for hydroxylation is 3. The van der Waals surface area contributed by atoms with E-state index in [4.69, 9.17) is 13.7 Å². The van der Waals surface area contributed by atoms with Gasteiger partial charge >= 0.3 is 5.97 Å². The van der Waals surface area contributed by atoms with Gasteiger partial charge in [0.05, 0.1) is 35.0 Å². The number of amides is 1. The van der Waals surface area contributed by atoms with Gasteiger partial charge in [-0.15, -0.1) is 0 Å². The lowest BCUT2D eigenvalue weighted by Gasteiger charge is -2.12. The Kier molecular flexibility index (Phi) is 5.06. The van der Waals surface area contributed by atoms with Crippen molar-refractivity contribution in [2.45, 2.75) is 27.7 Å². The molecule has 4 aromatic rings. The molecule has 31 heavy (non-hydrogen) atoms. The normalized spacial score (nSPS) is 11.0. The first-order chi connectivity index (χ1) is 14.8. The molecule has 8 nitrogen and oxygen atoms in total. The second kappa shape index (κ2) is 7.71. The number of hydrogen-bond acceptors (Lipinski definition) is 7. The molecular formula is C23H21N3O5. The molecule has 4 rings (SSSR count). The van der Waals surface area contributed by atoms with Crippen LogP contribution in [0.2, 0.25) is 0 Å². The summed E-state index contributed by atoms with van der Waals surface area (Å²) in [6.45, 7) is 7.18. The topological polar surface area (TPSA) is 107 Å². The Bertz CT molecular complexity index is 1330. The van der Waals surface area contributed by atoms with E-state index in [1.165, 1.54) is 7.11 Å². The zero-order valence-electron chi connectivity index (χ0n) is 17.8. The van der Waals surface area contributed by atoms with Crippen molar-refractivity contribution in [2.24, 2.45) is 0 Å². The number of ether oxygens (including phenoxy) is 1. The molecule has 3 aromatic heterocycles. The molecule has 0 aliphatic heterocycles. The summed E-state index contributed by atoms with van der Waals surface area (Å²) in [6, 6.07) is 8.61. The third-order valence-electron chi connectivity index (χ3n) is 5.17. The second-order valence-corrected chi connectivity index (χ2v) is 7.25. The van der Waals surface area contributed by atoms with E-state index in [-0.39, 0.29) is 11.6 Å². The minimum absolute atomic E-state index is 0.262. The van der Waals surface area contributed by atoms with E-state index in [0.717, 1.165) is 11.3 Å². The number of rotatable bonds is 4. The third kappa shape index (κ3) is 3.56. The Labute approximate surface area is 178 Å². The molecule has 0 aliphatic carbocycles. The summed E-state index contributed by atoms with van der Waals surface area (Å²) in [4.78, 5) is 29.8. The van der Waals surface area contributed by atoms with Crippen LogP contribution >= 0.6 is 0 Å². The minimum Gasteiger partial charge on any atom is -0.466 e. The minimum atomic E-state index is -0.470. The summed E-state index contributed by atoms with van der Waals surface area (Å²) in [5.74, 6) is 0.587. The fourth-order valence-electron chi connectivity index (χ4n) is 3.59. The number of carbonyl (C=O) groups is 2. The molecule has 0 aliphatic rings. The molecular weight excluding hydrogens is 398 g/mol. The van der Waals surface area contributed by atoms with Crippen molar-refractivity contribution in [2.75, 3.05) is 12.4 Å². The summed E-state index contributed by atoms with van der Waals surface area (Å²) >= 11 is 0. The molecule has 0 spiro atoms. The molecule has 8 heteroatoms. The van der Waals surface area contributed by atoms with E-state index in [2.05, 4.69) is 15.5 Å². The number of fused-ring (bicyclic) bond motifs is 1. The first-order valence-electron chi connectivity index (χ1n) is 9.64. The number of hydrogen-bond donors (Lipinski definition) is 1. The molecule has 0 bridgehead atoms. The van der Waals surface area contributed by atoms with Crippen LogP contribution in [0.1, 0.15) is 43.5 Å². The lowest BCUT2D eigenvalue weighted by Crippen LogP contribution is -2.15. The van der Waals surface area contributed by atoms with Gasteiger partial charge in [-0.25, -0.2) is 9.78 Å². The summed E-state index contributed by atoms with van der Waals surface area (Å²) in [5.41, 5.74) is 3.99. The van der Waals surface area contributed by atoms with E-state index >= 15 is 0 Å². The highest BCUT2D eigenvalue weighted by molar-refractivity contribution is 6.13. The zero-order chi connectivity index (χ0) is 22.3. The van der Waals surface area contributed by atoms with Crippen LogP contribution in [0.4, 0.5) is 5.69 Å². The molecule has 1 amide bonds. The molecule has 0 unspecified atom stereocenters. The lowest BCUT2D eigenvalue weighted by atomic mass is 10.0. The van der Waals surface area contributed by atoms with Crippen molar-refractivity contribution < 1.29 is 23.3 Å². The summed E-state index contributed by atoms with van der Waals surface area (Å²) < 4.78 is 15.8. The fraction of sp³-hybridized carbons (Fsp3) is 0.217. The lowest BCUT2D eigenvalue weighted by molar-refractivity contribution is 0.0599. The van der Waals surface area contributed by atoms with Crippen molar-refractivity contribution in [3.8, 4) is 11.3 Å². The Morgan fingerprint density at radius 1 is 1.06 bits per heavy atom. The van der Waals surface area contributed by atoms with Gasteiger partial charge in [0.1, 0.15) is 11.5 Å². The number of benzene rings is 1. The van der Waals surface area contributed by atoms with Crippen LogP contribution in [-0.2, 0) is 4.74 Å². The largest absolute Gasteiger partial charge is 0.466 e. The average molecular weight is 419 g/mol. The Hall–Kier alpha value is -3.94. The van der Waals surface area contributed by atoms with Crippen molar-refractivity contribution in [1.82, 2.24) is 10.1 Å². The van der Waals surface area contributed by atoms with Crippen LogP contribution in [-0.4, -0.2) is 29.1 Å². The van der Waals surface area contributed by atoms with Gasteiger partial charge in [-0.2, -0.15) is 0 Å². The second-order valence-electron chi connectivity index (χ2n) is 7.25. The van der Waals surface area contributed by atoms with Crippen LogP contribution in [0.3, 0.4) is 0 Å². The average Bonchev–Trinajstić information content (AvgIpc) is 3.29. The first kappa shape index (κ1) is 20.3. The Morgan fingerprint density at radius 3 is 2.52 bits per heavy atom. The molecule has 0 radical (unpaired) electrons. The Morgan fingerprint density at radius 2 is 1.84 bits per heavy atom. The van der Waals surface area contributed by atoms with E-state index < -0.39 is 5.97 Å². The zero-order valence-corrected chi connectivity index (χ0v) is 17.8. The summed E-state index contributed by atoms with van der Waals surface area (Å²) in [5, 5.41) is 7.39.